The second-order valence-electron chi connectivity index (χ2n) is 7.48. The monoisotopic (exact) mass is 396 g/mol. The van der Waals surface area contributed by atoms with Crippen LogP contribution in [0, 0.1) is 12.1 Å². The van der Waals surface area contributed by atoms with Gasteiger partial charge in [-0.1, -0.05) is 0 Å². The Balaban J connectivity index is 1.63. The van der Waals surface area contributed by atoms with Crippen LogP contribution in [0.15, 0.2) is 36.5 Å². The van der Waals surface area contributed by atoms with Crippen LogP contribution in [0.1, 0.15) is 47.9 Å². The van der Waals surface area contributed by atoms with Crippen LogP contribution in [0.2, 0.25) is 0 Å². The minimum Gasteiger partial charge on any atom is -0.618 e. The van der Waals surface area contributed by atoms with E-state index in [1.807, 2.05) is 10.9 Å². The van der Waals surface area contributed by atoms with Crippen LogP contribution < -0.4 is 14.8 Å². The molecule has 1 amide bonds. The quantitative estimate of drug-likeness (QED) is 0.521. The molecule has 2 aromatic heterocycles. The highest BCUT2D eigenvalue weighted by atomic mass is 16.5. The summed E-state index contributed by atoms with van der Waals surface area (Å²) >= 11 is 0. The van der Waals surface area contributed by atoms with Crippen molar-refractivity contribution in [3.05, 3.63) is 53.1 Å². The van der Waals surface area contributed by atoms with E-state index in [2.05, 4.69) is 10.4 Å². The Bertz CT molecular complexity index is 1050. The number of aliphatic hydroxyl groups is 1. The van der Waals surface area contributed by atoms with E-state index in [1.165, 1.54) is 13.2 Å². The fourth-order valence-electron chi connectivity index (χ4n) is 3.81. The molecular formula is C21H24N4O4. The van der Waals surface area contributed by atoms with E-state index in [-0.39, 0.29) is 17.8 Å². The SMILES string of the molecule is COc1cc2nn([C@H]3CC[C@H](O)CC3)cc2cc1NC(=O)c1cccc(C)[n+]1[O-]. The highest BCUT2D eigenvalue weighted by Crippen LogP contribution is 2.33. The summed E-state index contributed by atoms with van der Waals surface area (Å²) in [6.07, 6.45) is 5.05. The zero-order valence-corrected chi connectivity index (χ0v) is 16.5. The molecule has 0 aliphatic heterocycles. The van der Waals surface area contributed by atoms with E-state index in [0.29, 0.717) is 21.9 Å². The molecule has 0 unspecified atom stereocenters. The topological polar surface area (TPSA) is 103 Å². The van der Waals surface area contributed by atoms with Gasteiger partial charge in [-0.2, -0.15) is 9.83 Å². The molecule has 29 heavy (non-hydrogen) atoms. The predicted molar refractivity (Wildman–Crippen MR) is 108 cm³/mol. The highest BCUT2D eigenvalue weighted by Gasteiger charge is 2.23. The van der Waals surface area contributed by atoms with Gasteiger partial charge >= 0.3 is 5.91 Å². The van der Waals surface area contributed by atoms with E-state index in [1.54, 1.807) is 31.2 Å². The number of hydrogen-bond acceptors (Lipinski definition) is 5. The summed E-state index contributed by atoms with van der Waals surface area (Å²) in [5.41, 5.74) is 1.70. The molecule has 2 N–H and O–H groups in total. The van der Waals surface area contributed by atoms with Crippen LogP contribution in [0.3, 0.4) is 0 Å². The maximum absolute atomic E-state index is 12.6. The molecule has 1 fully saturated rings. The average Bonchev–Trinajstić information content (AvgIpc) is 3.12. The van der Waals surface area contributed by atoms with E-state index >= 15 is 0 Å². The number of amides is 1. The van der Waals surface area contributed by atoms with Gasteiger partial charge < -0.3 is 20.4 Å². The summed E-state index contributed by atoms with van der Waals surface area (Å²) in [4.78, 5) is 12.6. The van der Waals surface area contributed by atoms with Crippen LogP contribution in [0.5, 0.6) is 5.75 Å². The van der Waals surface area contributed by atoms with Crippen molar-refractivity contribution in [1.29, 1.82) is 0 Å². The summed E-state index contributed by atoms with van der Waals surface area (Å²) < 4.78 is 7.98. The van der Waals surface area contributed by atoms with E-state index in [4.69, 9.17) is 4.74 Å². The lowest BCUT2D eigenvalue weighted by Crippen LogP contribution is -2.39. The van der Waals surface area contributed by atoms with Gasteiger partial charge in [0.05, 0.1) is 30.5 Å². The second kappa shape index (κ2) is 7.71. The van der Waals surface area contributed by atoms with Crippen LogP contribution in [-0.4, -0.2) is 34.0 Å². The number of aryl methyl sites for hydroxylation is 1. The van der Waals surface area contributed by atoms with Gasteiger partial charge in [-0.25, -0.2) is 0 Å². The number of carbonyl (C=O) groups is 1. The first-order valence-corrected chi connectivity index (χ1v) is 9.71. The van der Waals surface area contributed by atoms with Gasteiger partial charge in [-0.15, -0.1) is 0 Å². The van der Waals surface area contributed by atoms with Crippen molar-refractivity contribution in [2.75, 3.05) is 12.4 Å². The molecule has 1 aromatic carbocycles. The lowest BCUT2D eigenvalue weighted by Gasteiger charge is -2.25. The molecular weight excluding hydrogens is 372 g/mol. The van der Waals surface area contributed by atoms with Crippen molar-refractivity contribution >= 4 is 22.5 Å². The van der Waals surface area contributed by atoms with Crippen LogP contribution >= 0.6 is 0 Å². The van der Waals surface area contributed by atoms with Gasteiger partial charge in [0.15, 0.2) is 5.69 Å². The standard InChI is InChI=1S/C21H24N4O4/c1-13-4-3-5-19(25(13)28)21(27)22-18-10-14-12-24(15-6-8-16(26)9-7-15)23-17(14)11-20(18)29-2/h3-5,10-12,15-16,26H,6-9H2,1-2H3,(H,22,27)/t15-,16-. The lowest BCUT2D eigenvalue weighted by atomic mass is 9.93. The number of benzene rings is 1. The number of anilines is 1. The van der Waals surface area contributed by atoms with Gasteiger partial charge in [-0.05, 0) is 37.8 Å². The van der Waals surface area contributed by atoms with Crippen molar-refractivity contribution < 1.29 is 19.4 Å². The second-order valence-corrected chi connectivity index (χ2v) is 7.48. The molecule has 2 heterocycles. The van der Waals surface area contributed by atoms with Crippen LogP contribution in [0.25, 0.3) is 10.9 Å². The molecule has 0 radical (unpaired) electrons. The average molecular weight is 396 g/mol. The molecule has 0 spiro atoms. The van der Waals surface area contributed by atoms with Crippen molar-refractivity contribution in [3.8, 4) is 5.75 Å². The molecule has 1 aliphatic rings. The van der Waals surface area contributed by atoms with E-state index in [0.717, 1.165) is 36.6 Å². The number of pyridine rings is 1. The number of carbonyl (C=O) groups excluding carboxylic acids is 1. The first kappa shape index (κ1) is 19.2. The molecule has 3 aromatic rings. The number of aliphatic hydroxyl groups excluding tert-OH is 1. The van der Waals surface area contributed by atoms with Gasteiger partial charge in [0.2, 0.25) is 0 Å². The number of nitrogens with zero attached hydrogens (tertiary/aromatic N) is 3. The molecule has 0 bridgehead atoms. The Labute approximate surface area is 168 Å². The number of rotatable bonds is 4. The number of fused-ring (bicyclic) bond motifs is 1. The van der Waals surface area contributed by atoms with Gasteiger partial charge in [0, 0.05) is 36.7 Å². The minimum atomic E-state index is -0.505. The third kappa shape index (κ3) is 3.75. The molecule has 0 atom stereocenters. The normalized spacial score (nSPS) is 19.3. The maximum atomic E-state index is 12.6. The number of aromatic nitrogens is 3. The number of hydrogen-bond donors (Lipinski definition) is 2. The molecule has 8 nitrogen and oxygen atoms in total. The van der Waals surface area contributed by atoms with Gasteiger partial charge in [0.25, 0.3) is 5.69 Å². The van der Waals surface area contributed by atoms with Crippen LogP contribution in [0.4, 0.5) is 5.69 Å². The maximum Gasteiger partial charge on any atom is 0.321 e. The Kier molecular flexibility index (Phi) is 5.10. The summed E-state index contributed by atoms with van der Waals surface area (Å²) in [7, 11) is 1.52. The Morgan fingerprint density at radius 1 is 1.31 bits per heavy atom. The lowest BCUT2D eigenvalue weighted by molar-refractivity contribution is -0.614. The molecule has 152 valence electrons. The summed E-state index contributed by atoms with van der Waals surface area (Å²) in [5.74, 6) is -0.0321. The van der Waals surface area contributed by atoms with Gasteiger partial charge in [-0.3, -0.25) is 9.48 Å². The Morgan fingerprint density at radius 2 is 2.07 bits per heavy atom. The largest absolute Gasteiger partial charge is 0.618 e. The molecule has 0 saturated heterocycles. The van der Waals surface area contributed by atoms with E-state index in [9.17, 15) is 15.1 Å². The number of methoxy groups -OCH3 is 1. The Morgan fingerprint density at radius 3 is 2.79 bits per heavy atom. The minimum absolute atomic E-state index is 0.0172. The smallest absolute Gasteiger partial charge is 0.321 e. The van der Waals surface area contributed by atoms with Crippen molar-refractivity contribution in [3.63, 3.8) is 0 Å². The predicted octanol–water partition coefficient (Wildman–Crippen LogP) is 2.72. The molecule has 1 saturated carbocycles. The fourth-order valence-corrected chi connectivity index (χ4v) is 3.81. The first-order valence-electron chi connectivity index (χ1n) is 9.71. The number of nitrogens with one attached hydrogen (secondary N) is 1. The zero-order valence-electron chi connectivity index (χ0n) is 16.5. The molecule has 4 rings (SSSR count). The van der Waals surface area contributed by atoms with Crippen LogP contribution in [-0.2, 0) is 0 Å². The van der Waals surface area contributed by atoms with Crippen molar-refractivity contribution in [2.24, 2.45) is 0 Å². The van der Waals surface area contributed by atoms with Crippen molar-refractivity contribution in [2.45, 2.75) is 44.8 Å². The third-order valence-electron chi connectivity index (χ3n) is 5.50. The summed E-state index contributed by atoms with van der Waals surface area (Å²) in [5, 5.41) is 30.2. The molecule has 8 heteroatoms. The van der Waals surface area contributed by atoms with E-state index < -0.39 is 5.91 Å². The highest BCUT2D eigenvalue weighted by molar-refractivity contribution is 6.04. The third-order valence-corrected chi connectivity index (χ3v) is 5.50. The molecule has 1 aliphatic carbocycles. The fraction of sp³-hybridized carbons (Fsp3) is 0.381. The zero-order chi connectivity index (χ0) is 20.5. The Hall–Kier alpha value is -3.13. The van der Waals surface area contributed by atoms with Gasteiger partial charge in [0.1, 0.15) is 5.75 Å². The first-order chi connectivity index (χ1) is 14.0. The number of ether oxygens (including phenoxy) is 1. The van der Waals surface area contributed by atoms with Crippen molar-refractivity contribution in [1.82, 2.24) is 9.78 Å². The summed E-state index contributed by atoms with van der Waals surface area (Å²) in [6, 6.07) is 8.63. The summed E-state index contributed by atoms with van der Waals surface area (Å²) in [6.45, 7) is 1.65.